The molecule has 2 aromatic carbocycles. The van der Waals surface area contributed by atoms with Gasteiger partial charge >= 0.3 is 0 Å². The molecule has 0 bridgehead atoms. The lowest BCUT2D eigenvalue weighted by molar-refractivity contribution is 0.0931. The Bertz CT molecular complexity index is 588. The van der Waals surface area contributed by atoms with Crippen molar-refractivity contribution < 1.29 is 4.79 Å². The van der Waals surface area contributed by atoms with Crippen molar-refractivity contribution in [1.29, 1.82) is 0 Å². The molecule has 0 spiro atoms. The highest BCUT2D eigenvalue weighted by molar-refractivity contribution is 6.30. The van der Waals surface area contributed by atoms with Gasteiger partial charge in [0.1, 0.15) is 0 Å². The fourth-order valence-corrected chi connectivity index (χ4v) is 2.38. The van der Waals surface area contributed by atoms with Crippen LogP contribution in [0, 0.1) is 0 Å². The van der Waals surface area contributed by atoms with Crippen LogP contribution in [0.3, 0.4) is 0 Å². The third-order valence-corrected chi connectivity index (χ3v) is 3.79. The summed E-state index contributed by atoms with van der Waals surface area (Å²) in [4.78, 5) is 12.2. The lowest BCUT2D eigenvalue weighted by atomic mass is 10.0. The molecule has 0 aromatic heterocycles. The van der Waals surface area contributed by atoms with Gasteiger partial charge in [0.05, 0.1) is 5.54 Å². The third-order valence-electron chi connectivity index (χ3n) is 3.54. The quantitative estimate of drug-likeness (QED) is 0.905. The minimum absolute atomic E-state index is 0.0435. The summed E-state index contributed by atoms with van der Waals surface area (Å²) in [5.74, 6) is -0.0435. The van der Waals surface area contributed by atoms with Crippen molar-refractivity contribution in [2.24, 2.45) is 0 Å². The van der Waals surface area contributed by atoms with Gasteiger partial charge in [-0.1, -0.05) is 41.9 Å². The molecule has 0 radical (unpaired) electrons. The van der Waals surface area contributed by atoms with Crippen molar-refractivity contribution in [2.45, 2.75) is 18.4 Å². The molecule has 3 heteroatoms. The van der Waals surface area contributed by atoms with E-state index in [0.717, 1.165) is 12.8 Å². The predicted octanol–water partition coefficient (Wildman–Crippen LogP) is 3.76. The molecule has 0 unspecified atom stereocenters. The number of benzene rings is 2. The van der Waals surface area contributed by atoms with E-state index in [9.17, 15) is 4.79 Å². The molecule has 1 aliphatic rings. The summed E-state index contributed by atoms with van der Waals surface area (Å²) in [5.41, 5.74) is 1.65. The molecule has 96 valence electrons. The van der Waals surface area contributed by atoms with E-state index in [4.69, 9.17) is 11.6 Å². The number of carbonyl (C=O) groups excluding carboxylic acids is 1. The molecule has 3 rings (SSSR count). The van der Waals surface area contributed by atoms with Gasteiger partial charge in [-0.2, -0.15) is 0 Å². The van der Waals surface area contributed by atoms with Gasteiger partial charge in [0.2, 0.25) is 0 Å². The van der Waals surface area contributed by atoms with E-state index in [1.54, 1.807) is 24.3 Å². The van der Waals surface area contributed by atoms with Gasteiger partial charge in [-0.15, -0.1) is 0 Å². The standard InChI is InChI=1S/C16H14ClNO/c17-14-8-6-12(7-9-14)15(19)18-16(10-11-16)13-4-2-1-3-5-13/h1-9H,10-11H2,(H,18,19). The molecule has 1 fully saturated rings. The Morgan fingerprint density at radius 3 is 2.21 bits per heavy atom. The van der Waals surface area contributed by atoms with Crippen LogP contribution in [0.5, 0.6) is 0 Å². The molecule has 1 N–H and O–H groups in total. The van der Waals surface area contributed by atoms with Gasteiger partial charge in [-0.05, 0) is 42.7 Å². The summed E-state index contributed by atoms with van der Waals surface area (Å²) in [6.07, 6.45) is 1.99. The first-order chi connectivity index (χ1) is 9.20. The average Bonchev–Trinajstić information content (AvgIpc) is 3.21. The van der Waals surface area contributed by atoms with E-state index in [1.807, 2.05) is 18.2 Å². The summed E-state index contributed by atoms with van der Waals surface area (Å²) >= 11 is 5.83. The van der Waals surface area contributed by atoms with E-state index in [1.165, 1.54) is 5.56 Å². The SMILES string of the molecule is O=C(NC1(c2ccccc2)CC1)c1ccc(Cl)cc1. The minimum Gasteiger partial charge on any atom is -0.343 e. The van der Waals surface area contributed by atoms with Crippen LogP contribution in [0.4, 0.5) is 0 Å². The molecule has 1 amide bonds. The fraction of sp³-hybridized carbons (Fsp3) is 0.188. The molecule has 0 atom stereocenters. The summed E-state index contributed by atoms with van der Waals surface area (Å²) in [7, 11) is 0. The van der Waals surface area contributed by atoms with Crippen molar-refractivity contribution in [3.63, 3.8) is 0 Å². The second-order valence-electron chi connectivity index (χ2n) is 4.91. The Labute approximate surface area is 117 Å². The van der Waals surface area contributed by atoms with Gasteiger partial charge in [-0.25, -0.2) is 0 Å². The Hall–Kier alpha value is -1.80. The van der Waals surface area contributed by atoms with E-state index in [2.05, 4.69) is 17.4 Å². The molecular formula is C16H14ClNO. The number of nitrogens with one attached hydrogen (secondary N) is 1. The summed E-state index contributed by atoms with van der Waals surface area (Å²) in [6.45, 7) is 0. The Kier molecular flexibility index (Phi) is 3.03. The fourth-order valence-electron chi connectivity index (χ4n) is 2.26. The zero-order chi connectivity index (χ0) is 13.3. The van der Waals surface area contributed by atoms with Gasteiger partial charge < -0.3 is 5.32 Å². The molecule has 1 saturated carbocycles. The molecule has 2 nitrogen and oxygen atoms in total. The Balaban J connectivity index is 1.78. The van der Waals surface area contributed by atoms with Crippen LogP contribution >= 0.6 is 11.6 Å². The second kappa shape index (κ2) is 4.71. The largest absolute Gasteiger partial charge is 0.343 e. The first-order valence-corrected chi connectivity index (χ1v) is 6.71. The lowest BCUT2D eigenvalue weighted by Gasteiger charge is -2.18. The monoisotopic (exact) mass is 271 g/mol. The molecule has 0 saturated heterocycles. The van der Waals surface area contributed by atoms with Crippen molar-refractivity contribution >= 4 is 17.5 Å². The van der Waals surface area contributed by atoms with E-state index in [0.29, 0.717) is 10.6 Å². The number of amides is 1. The highest BCUT2D eigenvalue weighted by atomic mass is 35.5. The molecule has 0 heterocycles. The van der Waals surface area contributed by atoms with E-state index in [-0.39, 0.29) is 11.4 Å². The van der Waals surface area contributed by atoms with Crippen LogP contribution in [0.25, 0.3) is 0 Å². The van der Waals surface area contributed by atoms with Crippen molar-refractivity contribution in [3.05, 3.63) is 70.7 Å². The zero-order valence-corrected chi connectivity index (χ0v) is 11.2. The first-order valence-electron chi connectivity index (χ1n) is 6.33. The predicted molar refractivity (Wildman–Crippen MR) is 76.3 cm³/mol. The molecule has 0 aliphatic heterocycles. The van der Waals surface area contributed by atoms with Crippen LogP contribution in [-0.4, -0.2) is 5.91 Å². The second-order valence-corrected chi connectivity index (χ2v) is 5.35. The molecule has 1 aliphatic carbocycles. The van der Waals surface area contributed by atoms with Gasteiger partial charge in [0.25, 0.3) is 5.91 Å². The normalized spacial score (nSPS) is 15.8. The van der Waals surface area contributed by atoms with Gasteiger partial charge in [0.15, 0.2) is 0 Å². The summed E-state index contributed by atoms with van der Waals surface area (Å²) in [5, 5.41) is 3.78. The number of hydrogen-bond acceptors (Lipinski definition) is 1. The van der Waals surface area contributed by atoms with Gasteiger partial charge in [-0.3, -0.25) is 4.79 Å². The zero-order valence-electron chi connectivity index (χ0n) is 10.4. The van der Waals surface area contributed by atoms with E-state index >= 15 is 0 Å². The number of hydrogen-bond donors (Lipinski definition) is 1. The van der Waals surface area contributed by atoms with Crippen LogP contribution in [-0.2, 0) is 5.54 Å². The lowest BCUT2D eigenvalue weighted by Crippen LogP contribution is -2.34. The number of carbonyl (C=O) groups is 1. The highest BCUT2D eigenvalue weighted by Gasteiger charge is 2.45. The van der Waals surface area contributed by atoms with Crippen LogP contribution in [0.1, 0.15) is 28.8 Å². The van der Waals surface area contributed by atoms with Crippen molar-refractivity contribution in [2.75, 3.05) is 0 Å². The minimum atomic E-state index is -0.169. The van der Waals surface area contributed by atoms with Crippen LogP contribution in [0.2, 0.25) is 5.02 Å². The summed E-state index contributed by atoms with van der Waals surface area (Å²) in [6, 6.07) is 17.1. The number of rotatable bonds is 3. The Morgan fingerprint density at radius 2 is 1.63 bits per heavy atom. The maximum absolute atomic E-state index is 12.2. The topological polar surface area (TPSA) is 29.1 Å². The average molecular weight is 272 g/mol. The highest BCUT2D eigenvalue weighted by Crippen LogP contribution is 2.45. The third kappa shape index (κ3) is 2.49. The summed E-state index contributed by atoms with van der Waals surface area (Å²) < 4.78 is 0. The smallest absolute Gasteiger partial charge is 0.251 e. The maximum atomic E-state index is 12.2. The molecular weight excluding hydrogens is 258 g/mol. The first kappa shape index (κ1) is 12.2. The molecule has 2 aromatic rings. The van der Waals surface area contributed by atoms with Crippen molar-refractivity contribution in [3.8, 4) is 0 Å². The van der Waals surface area contributed by atoms with Crippen LogP contribution < -0.4 is 5.32 Å². The number of halogens is 1. The van der Waals surface area contributed by atoms with Crippen molar-refractivity contribution in [1.82, 2.24) is 5.32 Å². The van der Waals surface area contributed by atoms with Crippen LogP contribution in [0.15, 0.2) is 54.6 Å². The molecule has 19 heavy (non-hydrogen) atoms. The van der Waals surface area contributed by atoms with Gasteiger partial charge in [0, 0.05) is 10.6 Å². The van der Waals surface area contributed by atoms with E-state index < -0.39 is 0 Å². The maximum Gasteiger partial charge on any atom is 0.251 e. The Morgan fingerprint density at radius 1 is 1.00 bits per heavy atom.